The number of hydrogen-bond donors (Lipinski definition) is 1. The molecular formula is C11H20NO+. The molecule has 0 saturated carbocycles. The van der Waals surface area contributed by atoms with Crippen LogP contribution in [0, 0.1) is 0 Å². The van der Waals surface area contributed by atoms with Gasteiger partial charge in [-0.1, -0.05) is 0 Å². The van der Waals surface area contributed by atoms with Gasteiger partial charge in [0.1, 0.15) is 0 Å². The van der Waals surface area contributed by atoms with E-state index >= 15 is 0 Å². The highest BCUT2D eigenvalue weighted by Crippen LogP contribution is 2.45. The predicted octanol–water partition coefficient (Wildman–Crippen LogP) is 1.28. The minimum Gasteiger partial charge on any atom is -0.393 e. The zero-order valence-electron chi connectivity index (χ0n) is 8.28. The molecule has 2 nitrogen and oxygen atoms in total. The largest absolute Gasteiger partial charge is 0.393 e. The second kappa shape index (κ2) is 2.71. The molecule has 0 amide bonds. The van der Waals surface area contributed by atoms with Crippen molar-refractivity contribution >= 4 is 0 Å². The first-order chi connectivity index (χ1) is 6.31. The van der Waals surface area contributed by atoms with Crippen molar-refractivity contribution in [3.05, 3.63) is 0 Å². The van der Waals surface area contributed by atoms with Crippen LogP contribution in [-0.4, -0.2) is 40.9 Å². The first-order valence-electron chi connectivity index (χ1n) is 5.86. The van der Waals surface area contributed by atoms with Gasteiger partial charge in [0.15, 0.2) is 0 Å². The van der Waals surface area contributed by atoms with Crippen LogP contribution in [0.2, 0.25) is 0 Å². The normalized spacial score (nSPS) is 47.3. The van der Waals surface area contributed by atoms with Crippen LogP contribution >= 0.6 is 0 Å². The van der Waals surface area contributed by atoms with Gasteiger partial charge in [0.25, 0.3) is 0 Å². The minimum atomic E-state index is 0.0295. The number of aliphatic hydroxyl groups excluding tert-OH is 1. The average molecular weight is 182 g/mol. The Kier molecular flexibility index (Phi) is 1.72. The molecular weight excluding hydrogens is 162 g/mol. The van der Waals surface area contributed by atoms with E-state index in [1.54, 1.807) is 0 Å². The number of rotatable bonds is 0. The molecule has 0 aromatic rings. The molecule has 3 aliphatic heterocycles. The van der Waals surface area contributed by atoms with Crippen molar-refractivity contribution in [1.29, 1.82) is 0 Å². The lowest BCUT2D eigenvalue weighted by molar-refractivity contribution is -0.956. The summed E-state index contributed by atoms with van der Waals surface area (Å²) < 4.78 is 1.41. The van der Waals surface area contributed by atoms with Gasteiger partial charge in [-0.15, -0.1) is 0 Å². The maximum Gasteiger partial charge on any atom is 0.0919 e. The quantitative estimate of drug-likeness (QED) is 0.560. The molecule has 3 aliphatic rings. The zero-order chi connectivity index (χ0) is 8.89. The van der Waals surface area contributed by atoms with E-state index < -0.39 is 0 Å². The molecule has 2 atom stereocenters. The third kappa shape index (κ3) is 1.02. The molecule has 1 spiro atoms. The molecule has 1 N–H and O–H groups in total. The molecule has 2 bridgehead atoms. The average Bonchev–Trinajstić information content (AvgIpc) is 2.63. The zero-order valence-corrected chi connectivity index (χ0v) is 8.28. The van der Waals surface area contributed by atoms with Crippen molar-refractivity contribution < 1.29 is 9.59 Å². The van der Waals surface area contributed by atoms with E-state index in [1.165, 1.54) is 43.3 Å². The van der Waals surface area contributed by atoms with Gasteiger partial charge in [-0.25, -0.2) is 0 Å². The SMILES string of the molecule is OC1CC2CCC(C1)[N+]21CCCC1. The highest BCUT2D eigenvalue weighted by atomic mass is 16.3. The Labute approximate surface area is 80.1 Å². The van der Waals surface area contributed by atoms with Gasteiger partial charge in [0.2, 0.25) is 0 Å². The molecule has 2 heteroatoms. The summed E-state index contributed by atoms with van der Waals surface area (Å²) in [6, 6.07) is 1.66. The van der Waals surface area contributed by atoms with Crippen LogP contribution in [-0.2, 0) is 0 Å². The maximum absolute atomic E-state index is 9.72. The summed E-state index contributed by atoms with van der Waals surface area (Å²) in [6.45, 7) is 2.84. The van der Waals surface area contributed by atoms with E-state index in [0.29, 0.717) is 0 Å². The van der Waals surface area contributed by atoms with Crippen LogP contribution in [0.1, 0.15) is 38.5 Å². The third-order valence-corrected chi connectivity index (χ3v) is 4.77. The first kappa shape index (κ1) is 8.25. The van der Waals surface area contributed by atoms with Crippen LogP contribution in [0.25, 0.3) is 0 Å². The van der Waals surface area contributed by atoms with Crippen LogP contribution in [0.3, 0.4) is 0 Å². The molecule has 2 unspecified atom stereocenters. The molecule has 3 fully saturated rings. The molecule has 13 heavy (non-hydrogen) atoms. The van der Waals surface area contributed by atoms with Gasteiger partial charge in [0.05, 0.1) is 31.3 Å². The van der Waals surface area contributed by atoms with E-state index in [-0.39, 0.29) is 6.10 Å². The fourth-order valence-corrected chi connectivity index (χ4v) is 4.23. The standard InChI is InChI=1S/C11H20NO/c13-11-7-9-3-4-10(8-11)12(9)5-1-2-6-12/h9-11,13H,1-8H2/q+1. The Bertz CT molecular complexity index is 194. The van der Waals surface area contributed by atoms with E-state index in [1.807, 2.05) is 0 Å². The number of nitrogens with zero attached hydrogens (tertiary/aromatic N) is 1. The summed E-state index contributed by atoms with van der Waals surface area (Å²) in [5, 5.41) is 9.72. The summed E-state index contributed by atoms with van der Waals surface area (Å²) in [4.78, 5) is 0. The highest BCUT2D eigenvalue weighted by molar-refractivity contribution is 4.87. The van der Waals surface area contributed by atoms with Crippen LogP contribution in [0.4, 0.5) is 0 Å². The molecule has 0 aromatic carbocycles. The Balaban J connectivity index is 1.89. The van der Waals surface area contributed by atoms with Crippen LogP contribution in [0.5, 0.6) is 0 Å². The van der Waals surface area contributed by atoms with Gasteiger partial charge >= 0.3 is 0 Å². The molecule has 3 saturated heterocycles. The van der Waals surface area contributed by atoms with Gasteiger partial charge in [-0.3, -0.25) is 0 Å². The Morgan fingerprint density at radius 1 is 0.923 bits per heavy atom. The Hall–Kier alpha value is -0.0800. The molecule has 74 valence electrons. The van der Waals surface area contributed by atoms with Gasteiger partial charge in [0, 0.05) is 38.5 Å². The Morgan fingerprint density at radius 3 is 2.00 bits per heavy atom. The third-order valence-electron chi connectivity index (χ3n) is 4.77. The van der Waals surface area contributed by atoms with Crippen molar-refractivity contribution in [3.8, 4) is 0 Å². The van der Waals surface area contributed by atoms with E-state index in [4.69, 9.17) is 0 Å². The fourth-order valence-electron chi connectivity index (χ4n) is 4.23. The second-order valence-corrected chi connectivity index (χ2v) is 5.27. The van der Waals surface area contributed by atoms with Gasteiger partial charge in [-0.2, -0.15) is 0 Å². The molecule has 3 heterocycles. The Morgan fingerprint density at radius 2 is 1.46 bits per heavy atom. The van der Waals surface area contributed by atoms with Crippen LogP contribution < -0.4 is 0 Å². The second-order valence-electron chi connectivity index (χ2n) is 5.27. The van der Waals surface area contributed by atoms with Gasteiger partial charge in [-0.05, 0) is 0 Å². The molecule has 0 radical (unpaired) electrons. The number of aliphatic hydroxyl groups is 1. The summed E-state index contributed by atoms with van der Waals surface area (Å²) >= 11 is 0. The number of piperidine rings is 1. The van der Waals surface area contributed by atoms with Crippen molar-refractivity contribution in [2.24, 2.45) is 0 Å². The maximum atomic E-state index is 9.72. The summed E-state index contributed by atoms with van der Waals surface area (Å²) in [5.74, 6) is 0. The molecule has 3 rings (SSSR count). The van der Waals surface area contributed by atoms with E-state index in [9.17, 15) is 5.11 Å². The smallest absolute Gasteiger partial charge is 0.0919 e. The van der Waals surface area contributed by atoms with Gasteiger partial charge < -0.3 is 9.59 Å². The highest BCUT2D eigenvalue weighted by Gasteiger charge is 2.54. The summed E-state index contributed by atoms with van der Waals surface area (Å²) in [6.07, 6.45) is 7.87. The van der Waals surface area contributed by atoms with Crippen molar-refractivity contribution in [2.45, 2.75) is 56.7 Å². The minimum absolute atomic E-state index is 0.0295. The predicted molar refractivity (Wildman–Crippen MR) is 51.3 cm³/mol. The lowest BCUT2D eigenvalue weighted by Gasteiger charge is -2.46. The number of quaternary nitrogens is 1. The fraction of sp³-hybridized carbons (Fsp3) is 1.00. The monoisotopic (exact) mass is 182 g/mol. The summed E-state index contributed by atoms with van der Waals surface area (Å²) in [7, 11) is 0. The lowest BCUT2D eigenvalue weighted by atomic mass is 9.97. The summed E-state index contributed by atoms with van der Waals surface area (Å²) in [5.41, 5.74) is 0. The van der Waals surface area contributed by atoms with Crippen molar-refractivity contribution in [3.63, 3.8) is 0 Å². The molecule has 0 aromatic heterocycles. The van der Waals surface area contributed by atoms with Crippen molar-refractivity contribution in [1.82, 2.24) is 0 Å². The van der Waals surface area contributed by atoms with Crippen LogP contribution in [0.15, 0.2) is 0 Å². The first-order valence-corrected chi connectivity index (χ1v) is 5.86. The van der Waals surface area contributed by atoms with E-state index in [0.717, 1.165) is 24.9 Å². The van der Waals surface area contributed by atoms with Crippen molar-refractivity contribution in [2.75, 3.05) is 13.1 Å². The number of hydrogen-bond acceptors (Lipinski definition) is 1. The topological polar surface area (TPSA) is 20.2 Å². The molecule has 0 aliphatic carbocycles. The lowest BCUT2D eigenvalue weighted by Crippen LogP contribution is -2.59. The van der Waals surface area contributed by atoms with E-state index in [2.05, 4.69) is 0 Å².